The number of hydrogen-bond donors (Lipinski definition) is 1. The number of anilines is 1. The van der Waals surface area contributed by atoms with E-state index in [1.54, 1.807) is 11.3 Å². The summed E-state index contributed by atoms with van der Waals surface area (Å²) in [5.74, 6) is 0. The van der Waals surface area contributed by atoms with Crippen LogP contribution in [0.1, 0.15) is 22.7 Å². The molecule has 3 aromatic carbocycles. The topological polar surface area (TPSA) is 40.5 Å². The Hall–Kier alpha value is -2.54. The van der Waals surface area contributed by atoms with E-state index in [2.05, 4.69) is 70.8 Å². The molecule has 4 aromatic rings. The van der Waals surface area contributed by atoms with Gasteiger partial charge in [0.05, 0.1) is 21.9 Å². The van der Waals surface area contributed by atoms with Gasteiger partial charge in [-0.25, -0.2) is 9.98 Å². The highest BCUT2D eigenvalue weighted by Crippen LogP contribution is 2.48. The summed E-state index contributed by atoms with van der Waals surface area (Å²) in [5.41, 5.74) is 6.23. The lowest BCUT2D eigenvalue weighted by Gasteiger charge is -2.21. The number of thiazole rings is 1. The number of aromatic nitrogens is 1. The molecule has 0 saturated carbocycles. The number of hydrogen-bond acceptors (Lipinski definition) is 5. The van der Waals surface area contributed by atoms with Crippen molar-refractivity contribution in [2.75, 3.05) is 18.9 Å². The second-order valence-corrected chi connectivity index (χ2v) is 11.2. The molecule has 0 amide bonds. The fourth-order valence-corrected chi connectivity index (χ4v) is 7.28. The van der Waals surface area contributed by atoms with E-state index in [0.29, 0.717) is 11.3 Å². The Labute approximate surface area is 206 Å². The third-order valence-electron chi connectivity index (χ3n) is 6.32. The minimum atomic E-state index is 0.439. The van der Waals surface area contributed by atoms with E-state index in [-0.39, 0.29) is 0 Å². The van der Waals surface area contributed by atoms with Crippen LogP contribution in [-0.4, -0.2) is 33.9 Å². The Balaban J connectivity index is 1.08. The Kier molecular flexibility index (Phi) is 5.52. The highest BCUT2D eigenvalue weighted by atomic mass is 35.5. The third-order valence-corrected chi connectivity index (χ3v) is 8.85. The molecule has 1 aliphatic carbocycles. The van der Waals surface area contributed by atoms with Gasteiger partial charge in [-0.2, -0.15) is 0 Å². The van der Waals surface area contributed by atoms with Crippen LogP contribution < -0.4 is 5.32 Å². The molecule has 0 radical (unpaired) electrons. The first-order valence-corrected chi connectivity index (χ1v) is 13.2. The molecular formula is C26H23ClN4S2. The minimum Gasteiger partial charge on any atom is -0.361 e. The summed E-state index contributed by atoms with van der Waals surface area (Å²) >= 11 is 9.63. The molecular weight excluding hydrogens is 468 g/mol. The molecule has 2 atom stereocenters. The van der Waals surface area contributed by atoms with Gasteiger partial charge in [0.15, 0.2) is 10.3 Å². The van der Waals surface area contributed by atoms with Crippen molar-refractivity contribution >= 4 is 60.9 Å². The lowest BCUT2D eigenvalue weighted by Crippen LogP contribution is -2.23. The SMILES string of the molecule is CN1C(=Nc2ccc(CCNc3nc4ccc(Cl)cc4s3)cc2)SC2Cc3ccccc3C21. The van der Waals surface area contributed by atoms with Crippen LogP contribution >= 0.6 is 34.7 Å². The van der Waals surface area contributed by atoms with Crippen molar-refractivity contribution in [2.45, 2.75) is 24.1 Å². The van der Waals surface area contributed by atoms with Crippen molar-refractivity contribution < 1.29 is 0 Å². The van der Waals surface area contributed by atoms with Crippen LogP contribution in [0.15, 0.2) is 71.7 Å². The van der Waals surface area contributed by atoms with Crippen LogP contribution in [0.3, 0.4) is 0 Å². The number of nitrogens with one attached hydrogen (secondary N) is 1. The highest BCUT2D eigenvalue weighted by molar-refractivity contribution is 8.14. The summed E-state index contributed by atoms with van der Waals surface area (Å²) in [6.45, 7) is 0.836. The third kappa shape index (κ3) is 4.12. The number of thioether (sulfide) groups is 1. The molecule has 2 heterocycles. The molecule has 0 bridgehead atoms. The maximum Gasteiger partial charge on any atom is 0.183 e. The van der Waals surface area contributed by atoms with Crippen molar-refractivity contribution in [1.82, 2.24) is 9.88 Å². The van der Waals surface area contributed by atoms with Crippen LogP contribution in [0.25, 0.3) is 10.2 Å². The molecule has 6 rings (SSSR count). The van der Waals surface area contributed by atoms with Crippen LogP contribution in [0, 0.1) is 0 Å². The monoisotopic (exact) mass is 490 g/mol. The molecule has 1 aromatic heterocycles. The highest BCUT2D eigenvalue weighted by Gasteiger charge is 2.43. The molecule has 166 valence electrons. The maximum absolute atomic E-state index is 6.08. The number of rotatable bonds is 5. The van der Waals surface area contributed by atoms with Crippen LogP contribution in [0.4, 0.5) is 10.8 Å². The van der Waals surface area contributed by atoms with Crippen molar-refractivity contribution in [1.29, 1.82) is 0 Å². The molecule has 33 heavy (non-hydrogen) atoms. The fourth-order valence-electron chi connectivity index (χ4n) is 4.68. The second-order valence-electron chi connectivity index (χ2n) is 8.48. The van der Waals surface area contributed by atoms with Crippen LogP contribution in [-0.2, 0) is 12.8 Å². The average molecular weight is 491 g/mol. The number of aliphatic imine (C=N–C) groups is 1. The van der Waals surface area contributed by atoms with Gasteiger partial charge in [-0.15, -0.1) is 0 Å². The standard InChI is InChI=1S/C26H23ClN4S2/c1-31-24-20-5-3-2-4-17(20)14-23(24)33-26(31)29-19-9-6-16(7-10-19)12-13-28-25-30-21-11-8-18(27)15-22(21)32-25/h2-11,15,23-24H,12-14H2,1H3,(H,28,30). The Morgan fingerprint density at radius 3 is 2.85 bits per heavy atom. The van der Waals surface area contributed by atoms with E-state index >= 15 is 0 Å². The molecule has 2 aliphatic rings. The predicted molar refractivity (Wildman–Crippen MR) is 142 cm³/mol. The summed E-state index contributed by atoms with van der Waals surface area (Å²) < 4.78 is 1.11. The Morgan fingerprint density at radius 2 is 1.97 bits per heavy atom. The molecule has 1 aliphatic heterocycles. The van der Waals surface area contributed by atoms with Crippen molar-refractivity contribution in [3.8, 4) is 0 Å². The van der Waals surface area contributed by atoms with Crippen molar-refractivity contribution in [3.05, 3.63) is 88.4 Å². The van der Waals surface area contributed by atoms with Crippen molar-refractivity contribution in [3.63, 3.8) is 0 Å². The van der Waals surface area contributed by atoms with Gasteiger partial charge >= 0.3 is 0 Å². The summed E-state index contributed by atoms with van der Waals surface area (Å²) in [7, 11) is 2.18. The lowest BCUT2D eigenvalue weighted by atomic mass is 10.1. The first-order chi connectivity index (χ1) is 16.1. The van der Waals surface area contributed by atoms with Gasteiger partial charge in [0.2, 0.25) is 0 Å². The Bertz CT molecular complexity index is 1350. The van der Waals surface area contributed by atoms with Gasteiger partial charge in [-0.1, -0.05) is 71.1 Å². The minimum absolute atomic E-state index is 0.439. The van der Waals surface area contributed by atoms with Crippen LogP contribution in [0.2, 0.25) is 5.02 Å². The molecule has 1 fully saturated rings. The normalized spacial score (nSPS) is 20.4. The first kappa shape index (κ1) is 21.0. The van der Waals surface area contributed by atoms with Gasteiger partial charge in [0.25, 0.3) is 0 Å². The zero-order chi connectivity index (χ0) is 22.4. The molecule has 2 unspecified atom stereocenters. The molecule has 7 heteroatoms. The second kappa shape index (κ2) is 8.67. The summed E-state index contributed by atoms with van der Waals surface area (Å²) in [4.78, 5) is 11.9. The zero-order valence-electron chi connectivity index (χ0n) is 18.2. The predicted octanol–water partition coefficient (Wildman–Crippen LogP) is 6.94. The number of amidine groups is 1. The quantitative estimate of drug-likeness (QED) is 0.329. The van der Waals surface area contributed by atoms with E-state index < -0.39 is 0 Å². The smallest absolute Gasteiger partial charge is 0.183 e. The summed E-state index contributed by atoms with van der Waals surface area (Å²) in [6.07, 6.45) is 2.06. The van der Waals surface area contributed by atoms with E-state index in [4.69, 9.17) is 16.6 Å². The van der Waals surface area contributed by atoms with E-state index in [1.807, 2.05) is 30.0 Å². The van der Waals surface area contributed by atoms with Crippen LogP contribution in [0.5, 0.6) is 0 Å². The van der Waals surface area contributed by atoms with Gasteiger partial charge in [0, 0.05) is 23.9 Å². The van der Waals surface area contributed by atoms with Gasteiger partial charge in [0.1, 0.15) is 0 Å². The average Bonchev–Trinajstić information content (AvgIpc) is 3.47. The number of fused-ring (bicyclic) bond motifs is 4. The van der Waals surface area contributed by atoms with Crippen molar-refractivity contribution in [2.24, 2.45) is 4.99 Å². The number of nitrogens with zero attached hydrogens (tertiary/aromatic N) is 3. The molecule has 1 saturated heterocycles. The Morgan fingerprint density at radius 1 is 1.12 bits per heavy atom. The first-order valence-electron chi connectivity index (χ1n) is 11.1. The molecule has 0 spiro atoms. The molecule has 4 nitrogen and oxygen atoms in total. The summed E-state index contributed by atoms with van der Waals surface area (Å²) in [5, 5.41) is 6.80. The number of benzene rings is 3. The van der Waals surface area contributed by atoms with Gasteiger partial charge in [-0.3, -0.25) is 0 Å². The van der Waals surface area contributed by atoms with Gasteiger partial charge in [-0.05, 0) is 59.9 Å². The molecule has 1 N–H and O–H groups in total. The lowest BCUT2D eigenvalue weighted by molar-refractivity contribution is 0.402. The maximum atomic E-state index is 6.08. The van der Waals surface area contributed by atoms with Gasteiger partial charge < -0.3 is 10.2 Å². The fraction of sp³-hybridized carbons (Fsp3) is 0.231. The van der Waals surface area contributed by atoms with E-state index in [9.17, 15) is 0 Å². The van der Waals surface area contributed by atoms with E-state index in [0.717, 1.165) is 50.6 Å². The number of halogens is 1. The summed E-state index contributed by atoms with van der Waals surface area (Å²) in [6, 6.07) is 23.7. The largest absolute Gasteiger partial charge is 0.361 e. The van der Waals surface area contributed by atoms with E-state index in [1.165, 1.54) is 16.7 Å². The zero-order valence-corrected chi connectivity index (χ0v) is 20.6.